The Kier molecular flexibility index (Phi) is 8.50. The maximum absolute atomic E-state index is 4.60. The lowest BCUT2D eigenvalue weighted by molar-refractivity contribution is 0.799. The molecule has 2 N–H and O–H groups in total. The van der Waals surface area contributed by atoms with Crippen LogP contribution in [0.1, 0.15) is 23.7 Å². The molecule has 5 heteroatoms. The van der Waals surface area contributed by atoms with Gasteiger partial charge in [-0.1, -0.05) is 35.9 Å². The number of nitrogens with one attached hydrogen (secondary N) is 2. The van der Waals surface area contributed by atoms with Crippen molar-refractivity contribution in [1.29, 1.82) is 0 Å². The van der Waals surface area contributed by atoms with Crippen molar-refractivity contribution in [2.75, 3.05) is 6.54 Å². The smallest absolute Gasteiger partial charge is 0.191 e. The van der Waals surface area contributed by atoms with Crippen LogP contribution in [0.4, 0.5) is 0 Å². The van der Waals surface area contributed by atoms with E-state index < -0.39 is 0 Å². The molecule has 2 rings (SSSR count). The Morgan fingerprint density at radius 2 is 1.86 bits per heavy atom. The highest BCUT2D eigenvalue weighted by atomic mass is 127. The number of rotatable bonds is 5. The Balaban J connectivity index is 0.00000242. The monoisotopic (exact) mass is 410 g/mol. The molecule has 0 saturated heterocycles. The molecule has 0 aliphatic heterocycles. The molecule has 1 aromatic heterocycles. The number of benzene rings is 1. The molecule has 0 saturated carbocycles. The molecule has 0 amide bonds. The van der Waals surface area contributed by atoms with E-state index in [1.54, 1.807) is 6.20 Å². The largest absolute Gasteiger partial charge is 0.357 e. The van der Waals surface area contributed by atoms with Crippen molar-refractivity contribution in [2.24, 2.45) is 4.99 Å². The van der Waals surface area contributed by atoms with E-state index in [1.807, 2.05) is 18.2 Å². The van der Waals surface area contributed by atoms with Gasteiger partial charge in [0, 0.05) is 12.7 Å². The van der Waals surface area contributed by atoms with Crippen LogP contribution in [0.5, 0.6) is 0 Å². The van der Waals surface area contributed by atoms with Crippen LogP contribution in [0.15, 0.2) is 53.7 Å². The summed E-state index contributed by atoms with van der Waals surface area (Å²) in [6, 6.07) is 14.3. The molecule has 0 fully saturated rings. The third-order valence-electron chi connectivity index (χ3n) is 3.05. The number of aryl methyl sites for hydroxylation is 1. The van der Waals surface area contributed by atoms with Crippen LogP contribution in [0, 0.1) is 6.92 Å². The molecule has 0 spiro atoms. The summed E-state index contributed by atoms with van der Waals surface area (Å²) in [5, 5.41) is 6.54. The fourth-order valence-corrected chi connectivity index (χ4v) is 1.88. The van der Waals surface area contributed by atoms with Crippen molar-refractivity contribution in [2.45, 2.75) is 26.9 Å². The maximum atomic E-state index is 4.60. The summed E-state index contributed by atoms with van der Waals surface area (Å²) in [5.74, 6) is 0.809. The number of halogens is 1. The molecule has 0 bridgehead atoms. The quantitative estimate of drug-likeness (QED) is 0.452. The van der Waals surface area contributed by atoms with E-state index >= 15 is 0 Å². The third-order valence-corrected chi connectivity index (χ3v) is 3.05. The number of pyridine rings is 1. The maximum Gasteiger partial charge on any atom is 0.191 e. The molecule has 1 aromatic carbocycles. The number of hydrogen-bond acceptors (Lipinski definition) is 2. The second-order valence-corrected chi connectivity index (χ2v) is 4.86. The lowest BCUT2D eigenvalue weighted by Crippen LogP contribution is -2.36. The minimum absolute atomic E-state index is 0. The normalized spacial score (nSPS) is 10.7. The summed E-state index contributed by atoms with van der Waals surface area (Å²) < 4.78 is 0. The third kappa shape index (κ3) is 6.43. The lowest BCUT2D eigenvalue weighted by atomic mass is 10.1. The van der Waals surface area contributed by atoms with Crippen molar-refractivity contribution in [3.63, 3.8) is 0 Å². The van der Waals surface area contributed by atoms with Gasteiger partial charge in [0.1, 0.15) is 0 Å². The average Bonchev–Trinajstić information content (AvgIpc) is 2.52. The zero-order chi connectivity index (χ0) is 14.9. The van der Waals surface area contributed by atoms with E-state index in [0.29, 0.717) is 13.1 Å². The van der Waals surface area contributed by atoms with Crippen LogP contribution in [0.25, 0.3) is 0 Å². The second kappa shape index (κ2) is 10.2. The van der Waals surface area contributed by atoms with Gasteiger partial charge in [0.05, 0.1) is 18.8 Å². The van der Waals surface area contributed by atoms with Crippen molar-refractivity contribution >= 4 is 29.9 Å². The van der Waals surface area contributed by atoms with E-state index in [1.165, 1.54) is 11.1 Å². The summed E-state index contributed by atoms with van der Waals surface area (Å²) in [6.07, 6.45) is 1.80. The first kappa shape index (κ1) is 18.4. The van der Waals surface area contributed by atoms with Crippen LogP contribution in [-0.4, -0.2) is 17.5 Å². The van der Waals surface area contributed by atoms with E-state index in [9.17, 15) is 0 Å². The number of aromatic nitrogens is 1. The van der Waals surface area contributed by atoms with E-state index in [4.69, 9.17) is 0 Å². The Labute approximate surface area is 149 Å². The molecule has 2 aromatic rings. The van der Waals surface area contributed by atoms with E-state index in [2.05, 4.69) is 58.7 Å². The molecule has 22 heavy (non-hydrogen) atoms. The summed E-state index contributed by atoms with van der Waals surface area (Å²) in [6.45, 7) is 6.32. The Morgan fingerprint density at radius 3 is 2.50 bits per heavy atom. The van der Waals surface area contributed by atoms with Gasteiger partial charge in [0.25, 0.3) is 0 Å². The Bertz CT molecular complexity index is 567. The van der Waals surface area contributed by atoms with Crippen LogP contribution in [-0.2, 0) is 13.1 Å². The molecule has 0 aliphatic carbocycles. The van der Waals surface area contributed by atoms with Crippen LogP contribution in [0.3, 0.4) is 0 Å². The molecular weight excluding hydrogens is 387 g/mol. The van der Waals surface area contributed by atoms with Gasteiger partial charge in [-0.05, 0) is 31.5 Å². The van der Waals surface area contributed by atoms with Crippen LogP contribution in [0.2, 0.25) is 0 Å². The number of aliphatic imine (C=N–C) groups is 1. The van der Waals surface area contributed by atoms with Gasteiger partial charge in [-0.3, -0.25) is 4.98 Å². The standard InChI is InChI=1S/C17H22N4.HI/c1-3-18-17(21-13-16-6-4-5-11-19-16)20-12-15-9-7-14(2)8-10-15;/h4-11H,3,12-13H2,1-2H3,(H2,18,20,21);1H. The molecular formula is C17H23IN4. The van der Waals surface area contributed by atoms with Gasteiger partial charge in [0.2, 0.25) is 0 Å². The number of nitrogens with zero attached hydrogens (tertiary/aromatic N) is 2. The van der Waals surface area contributed by atoms with Gasteiger partial charge in [-0.25, -0.2) is 4.99 Å². The number of guanidine groups is 1. The first-order valence-corrected chi connectivity index (χ1v) is 7.25. The molecule has 4 nitrogen and oxygen atoms in total. The highest BCUT2D eigenvalue weighted by Crippen LogP contribution is 2.04. The molecule has 1 heterocycles. The average molecular weight is 410 g/mol. The SMILES string of the molecule is CCNC(=NCc1ccc(C)cc1)NCc1ccccn1.I. The lowest BCUT2D eigenvalue weighted by Gasteiger charge is -2.11. The van der Waals surface area contributed by atoms with Gasteiger partial charge >= 0.3 is 0 Å². The zero-order valence-electron chi connectivity index (χ0n) is 13.0. The van der Waals surface area contributed by atoms with Gasteiger partial charge in [0.15, 0.2) is 5.96 Å². The first-order valence-electron chi connectivity index (χ1n) is 7.25. The summed E-state index contributed by atoms with van der Waals surface area (Å²) in [5.41, 5.74) is 3.47. The van der Waals surface area contributed by atoms with Crippen molar-refractivity contribution in [3.05, 3.63) is 65.5 Å². The van der Waals surface area contributed by atoms with Gasteiger partial charge < -0.3 is 10.6 Å². The summed E-state index contributed by atoms with van der Waals surface area (Å²) >= 11 is 0. The second-order valence-electron chi connectivity index (χ2n) is 4.86. The fraction of sp³-hybridized carbons (Fsp3) is 0.294. The summed E-state index contributed by atoms with van der Waals surface area (Å²) in [4.78, 5) is 8.89. The van der Waals surface area contributed by atoms with Crippen molar-refractivity contribution in [3.8, 4) is 0 Å². The highest BCUT2D eigenvalue weighted by Gasteiger charge is 1.99. The summed E-state index contributed by atoms with van der Waals surface area (Å²) in [7, 11) is 0. The molecule has 0 aliphatic rings. The Morgan fingerprint density at radius 1 is 1.09 bits per heavy atom. The van der Waals surface area contributed by atoms with Crippen LogP contribution >= 0.6 is 24.0 Å². The number of hydrogen-bond donors (Lipinski definition) is 2. The minimum Gasteiger partial charge on any atom is -0.357 e. The van der Waals surface area contributed by atoms with Crippen LogP contribution < -0.4 is 10.6 Å². The predicted molar refractivity (Wildman–Crippen MR) is 102 cm³/mol. The highest BCUT2D eigenvalue weighted by molar-refractivity contribution is 14.0. The molecule has 118 valence electrons. The van der Waals surface area contributed by atoms with Crippen molar-refractivity contribution in [1.82, 2.24) is 15.6 Å². The molecule has 0 atom stereocenters. The van der Waals surface area contributed by atoms with Gasteiger partial charge in [-0.15, -0.1) is 24.0 Å². The van der Waals surface area contributed by atoms with E-state index in [0.717, 1.165) is 18.2 Å². The van der Waals surface area contributed by atoms with Crippen molar-refractivity contribution < 1.29 is 0 Å². The fourth-order valence-electron chi connectivity index (χ4n) is 1.88. The van der Waals surface area contributed by atoms with E-state index in [-0.39, 0.29) is 24.0 Å². The zero-order valence-corrected chi connectivity index (χ0v) is 15.4. The van der Waals surface area contributed by atoms with Gasteiger partial charge in [-0.2, -0.15) is 0 Å². The molecule has 0 unspecified atom stereocenters. The minimum atomic E-state index is 0. The predicted octanol–water partition coefficient (Wildman–Crippen LogP) is 3.26. The topological polar surface area (TPSA) is 49.3 Å². The first-order chi connectivity index (χ1) is 10.3. The molecule has 0 radical (unpaired) electrons. The Hall–Kier alpha value is -1.63.